The fraction of sp³-hybridized carbons (Fsp3) is 0.222. The standard InChI is InChI=1S/C27H22F6N4O2S/c1-25(2,3)37-40(38,39)20-9-5-7-17(13-20)21-14-18(10-11-34-21)24-35-22(15-23(36-24)27(31,32)33)16-6-4-8-19(12-16)26(28,29)30/h4-15,37H,1-3H3. The van der Waals surface area contributed by atoms with Crippen molar-refractivity contribution in [1.82, 2.24) is 19.7 Å². The zero-order chi connectivity index (χ0) is 29.5. The van der Waals surface area contributed by atoms with E-state index in [-0.39, 0.29) is 27.4 Å². The van der Waals surface area contributed by atoms with Gasteiger partial charge in [-0.25, -0.2) is 23.1 Å². The smallest absolute Gasteiger partial charge is 0.256 e. The summed E-state index contributed by atoms with van der Waals surface area (Å²) < 4.78 is 109. The number of benzene rings is 2. The topological polar surface area (TPSA) is 84.8 Å². The molecule has 40 heavy (non-hydrogen) atoms. The summed E-state index contributed by atoms with van der Waals surface area (Å²) in [5, 5.41) is 0. The van der Waals surface area contributed by atoms with Crippen LogP contribution in [0.2, 0.25) is 0 Å². The van der Waals surface area contributed by atoms with Gasteiger partial charge in [0.05, 0.1) is 21.8 Å². The third-order valence-electron chi connectivity index (χ3n) is 5.40. The van der Waals surface area contributed by atoms with Gasteiger partial charge in [-0.2, -0.15) is 26.3 Å². The number of hydrogen-bond acceptors (Lipinski definition) is 5. The highest BCUT2D eigenvalue weighted by Gasteiger charge is 2.35. The Morgan fingerprint density at radius 2 is 1.35 bits per heavy atom. The first kappa shape index (κ1) is 29.2. The third kappa shape index (κ3) is 6.83. The molecular weight excluding hydrogens is 558 g/mol. The molecule has 0 aliphatic rings. The summed E-state index contributed by atoms with van der Waals surface area (Å²) in [6, 6.07) is 12.9. The minimum atomic E-state index is -4.91. The number of pyridine rings is 1. The van der Waals surface area contributed by atoms with Crippen LogP contribution in [0, 0.1) is 0 Å². The molecule has 0 aliphatic carbocycles. The van der Waals surface area contributed by atoms with E-state index in [0.29, 0.717) is 17.7 Å². The van der Waals surface area contributed by atoms with E-state index in [2.05, 4.69) is 19.7 Å². The van der Waals surface area contributed by atoms with E-state index in [1.807, 2.05) is 0 Å². The zero-order valence-corrected chi connectivity index (χ0v) is 22.1. The second-order valence-corrected chi connectivity index (χ2v) is 11.5. The van der Waals surface area contributed by atoms with Gasteiger partial charge in [-0.3, -0.25) is 4.98 Å². The Hall–Kier alpha value is -3.84. The molecule has 4 rings (SSSR count). The summed E-state index contributed by atoms with van der Waals surface area (Å²) in [6.07, 6.45) is -8.33. The second-order valence-electron chi connectivity index (χ2n) is 9.85. The van der Waals surface area contributed by atoms with E-state index in [9.17, 15) is 34.8 Å². The number of aromatic nitrogens is 3. The largest absolute Gasteiger partial charge is 0.433 e. The molecule has 0 saturated heterocycles. The Labute approximate surface area is 226 Å². The van der Waals surface area contributed by atoms with Crippen LogP contribution >= 0.6 is 0 Å². The first-order chi connectivity index (χ1) is 18.4. The molecule has 0 fully saturated rings. The molecule has 0 amide bonds. The van der Waals surface area contributed by atoms with Crippen LogP contribution < -0.4 is 4.72 Å². The van der Waals surface area contributed by atoms with Crippen LogP contribution in [-0.2, 0) is 22.4 Å². The summed E-state index contributed by atoms with van der Waals surface area (Å²) >= 11 is 0. The molecule has 0 bridgehead atoms. The first-order valence-electron chi connectivity index (χ1n) is 11.7. The van der Waals surface area contributed by atoms with Crippen LogP contribution in [0.4, 0.5) is 26.3 Å². The maximum atomic E-state index is 13.7. The zero-order valence-electron chi connectivity index (χ0n) is 21.3. The molecule has 2 heterocycles. The van der Waals surface area contributed by atoms with Crippen molar-refractivity contribution in [3.8, 4) is 33.9 Å². The second kappa shape index (κ2) is 10.3. The van der Waals surface area contributed by atoms with E-state index in [4.69, 9.17) is 0 Å². The lowest BCUT2D eigenvalue weighted by Crippen LogP contribution is -2.40. The highest BCUT2D eigenvalue weighted by Crippen LogP contribution is 2.35. The lowest BCUT2D eigenvalue weighted by molar-refractivity contribution is -0.141. The monoisotopic (exact) mass is 580 g/mol. The van der Waals surface area contributed by atoms with Crippen molar-refractivity contribution >= 4 is 10.0 Å². The Morgan fingerprint density at radius 3 is 1.98 bits per heavy atom. The summed E-state index contributed by atoms with van der Waals surface area (Å²) in [6.45, 7) is 5.05. The Kier molecular flexibility index (Phi) is 7.50. The molecule has 2 aromatic heterocycles. The summed E-state index contributed by atoms with van der Waals surface area (Å²) in [4.78, 5) is 11.9. The van der Waals surface area contributed by atoms with Gasteiger partial charge in [-0.1, -0.05) is 24.3 Å². The maximum Gasteiger partial charge on any atom is 0.433 e. The van der Waals surface area contributed by atoms with Gasteiger partial charge < -0.3 is 0 Å². The molecule has 0 atom stereocenters. The first-order valence-corrected chi connectivity index (χ1v) is 13.2. The Bertz CT molecular complexity index is 1660. The van der Waals surface area contributed by atoms with E-state index >= 15 is 0 Å². The summed E-state index contributed by atoms with van der Waals surface area (Å²) in [7, 11) is -3.89. The number of nitrogens with zero attached hydrogens (tertiary/aromatic N) is 3. The van der Waals surface area contributed by atoms with Crippen LogP contribution in [0.5, 0.6) is 0 Å². The Balaban J connectivity index is 1.81. The van der Waals surface area contributed by atoms with Gasteiger partial charge in [0.2, 0.25) is 10.0 Å². The van der Waals surface area contributed by atoms with Crippen molar-refractivity contribution in [2.45, 2.75) is 43.6 Å². The molecule has 4 aromatic rings. The number of alkyl halides is 6. The van der Waals surface area contributed by atoms with Gasteiger partial charge in [0.25, 0.3) is 0 Å². The fourth-order valence-corrected chi connectivity index (χ4v) is 5.20. The van der Waals surface area contributed by atoms with E-state index in [1.165, 1.54) is 42.6 Å². The van der Waals surface area contributed by atoms with Crippen molar-refractivity contribution in [3.05, 3.63) is 84.2 Å². The minimum absolute atomic E-state index is 0.0470. The lowest BCUT2D eigenvalue weighted by Gasteiger charge is -2.20. The van der Waals surface area contributed by atoms with E-state index < -0.39 is 45.0 Å². The SMILES string of the molecule is CC(C)(C)NS(=O)(=O)c1cccc(-c2cc(-c3nc(-c4cccc(C(F)(F)F)c4)cc(C(F)(F)F)n3)ccn2)c1. The third-order valence-corrected chi connectivity index (χ3v) is 7.16. The van der Waals surface area contributed by atoms with Crippen LogP contribution in [-0.4, -0.2) is 28.9 Å². The highest BCUT2D eigenvalue weighted by atomic mass is 32.2. The van der Waals surface area contributed by atoms with Gasteiger partial charge >= 0.3 is 12.4 Å². The molecule has 0 radical (unpaired) electrons. The molecule has 1 N–H and O–H groups in total. The molecular formula is C27H22F6N4O2S. The average molecular weight is 581 g/mol. The van der Waals surface area contributed by atoms with Crippen LogP contribution in [0.1, 0.15) is 32.0 Å². The van der Waals surface area contributed by atoms with Crippen LogP contribution in [0.25, 0.3) is 33.9 Å². The fourth-order valence-electron chi connectivity index (χ4n) is 3.74. The maximum absolute atomic E-state index is 13.7. The van der Waals surface area contributed by atoms with E-state index in [1.54, 1.807) is 26.8 Å². The quantitative estimate of drug-likeness (QED) is 0.257. The molecule has 0 spiro atoms. The normalized spacial score (nSPS) is 12.9. The van der Waals surface area contributed by atoms with Crippen molar-refractivity contribution in [2.75, 3.05) is 0 Å². The van der Waals surface area contributed by atoms with Gasteiger partial charge in [0.1, 0.15) is 5.69 Å². The molecule has 2 aromatic carbocycles. The predicted molar refractivity (Wildman–Crippen MR) is 136 cm³/mol. The number of sulfonamides is 1. The van der Waals surface area contributed by atoms with Crippen molar-refractivity contribution in [3.63, 3.8) is 0 Å². The lowest BCUT2D eigenvalue weighted by atomic mass is 10.1. The van der Waals surface area contributed by atoms with Gasteiger partial charge in [0.15, 0.2) is 5.82 Å². The van der Waals surface area contributed by atoms with Crippen LogP contribution in [0.3, 0.4) is 0 Å². The molecule has 210 valence electrons. The molecule has 0 aliphatic heterocycles. The number of rotatable bonds is 5. The molecule has 6 nitrogen and oxygen atoms in total. The molecule has 0 unspecified atom stereocenters. The number of hydrogen-bond donors (Lipinski definition) is 1. The average Bonchev–Trinajstić information content (AvgIpc) is 2.86. The number of nitrogens with one attached hydrogen (secondary N) is 1. The van der Waals surface area contributed by atoms with Gasteiger partial charge in [0, 0.05) is 28.4 Å². The minimum Gasteiger partial charge on any atom is -0.256 e. The molecule has 0 saturated carbocycles. The van der Waals surface area contributed by atoms with Crippen LogP contribution in [0.15, 0.2) is 77.8 Å². The number of halogens is 6. The summed E-state index contributed by atoms with van der Waals surface area (Å²) in [5.41, 5.74) is -3.01. The summed E-state index contributed by atoms with van der Waals surface area (Å²) in [5.74, 6) is -0.399. The van der Waals surface area contributed by atoms with Crippen molar-refractivity contribution in [1.29, 1.82) is 0 Å². The van der Waals surface area contributed by atoms with Gasteiger partial charge in [-0.15, -0.1) is 0 Å². The van der Waals surface area contributed by atoms with Crippen molar-refractivity contribution in [2.24, 2.45) is 0 Å². The van der Waals surface area contributed by atoms with Crippen molar-refractivity contribution < 1.29 is 34.8 Å². The Morgan fingerprint density at radius 1 is 0.700 bits per heavy atom. The predicted octanol–water partition coefficient (Wildman–Crippen LogP) is 6.99. The van der Waals surface area contributed by atoms with Gasteiger partial charge in [-0.05, 0) is 63.2 Å². The highest BCUT2D eigenvalue weighted by molar-refractivity contribution is 7.89. The van der Waals surface area contributed by atoms with E-state index in [0.717, 1.165) is 12.1 Å². The molecule has 13 heteroatoms.